The molecule has 0 radical (unpaired) electrons. The van der Waals surface area contributed by atoms with Crippen molar-refractivity contribution in [2.24, 2.45) is 5.92 Å². The Kier molecular flexibility index (Phi) is 9.13. The Morgan fingerprint density at radius 1 is 1.08 bits per heavy atom. The number of amides is 1. The zero-order valence-electron chi connectivity index (χ0n) is 20.0. The molecule has 1 fully saturated rings. The second-order valence-electron chi connectivity index (χ2n) is 9.29. The first-order valence-corrected chi connectivity index (χ1v) is 13.1. The van der Waals surface area contributed by atoms with Gasteiger partial charge in [-0.05, 0) is 86.7 Å². The molecule has 0 spiro atoms. The molecule has 7 nitrogen and oxygen atoms in total. The van der Waals surface area contributed by atoms with Gasteiger partial charge in [-0.15, -0.1) is 0 Å². The molecule has 3 aromatic rings. The molecule has 0 aliphatic carbocycles. The molecule has 4 rings (SSSR count). The number of carbonyl (C=O) groups is 2. The second-order valence-corrected chi connectivity index (χ2v) is 10.2. The Bertz CT molecular complexity index is 1190. The van der Waals surface area contributed by atoms with Crippen molar-refractivity contribution in [3.63, 3.8) is 0 Å². The van der Waals surface area contributed by atoms with E-state index in [4.69, 9.17) is 27.9 Å². The minimum atomic E-state index is -1.13. The van der Waals surface area contributed by atoms with Gasteiger partial charge < -0.3 is 25.5 Å². The number of unbranched alkanes of at least 4 members (excludes halogenated alkanes) is 1. The van der Waals surface area contributed by atoms with E-state index < -0.39 is 17.9 Å². The third kappa shape index (κ3) is 7.15. The number of piperidine rings is 1. The van der Waals surface area contributed by atoms with Crippen molar-refractivity contribution in [3.05, 3.63) is 63.8 Å². The summed E-state index contributed by atoms with van der Waals surface area (Å²) in [6.45, 7) is 2.90. The molecule has 1 aliphatic rings. The maximum Gasteiger partial charge on any atom is 0.326 e. The van der Waals surface area contributed by atoms with Crippen molar-refractivity contribution in [2.75, 3.05) is 19.7 Å². The largest absolute Gasteiger partial charge is 0.494 e. The highest BCUT2D eigenvalue weighted by atomic mass is 35.5. The van der Waals surface area contributed by atoms with E-state index >= 15 is 0 Å². The van der Waals surface area contributed by atoms with Crippen LogP contribution in [0.5, 0.6) is 5.75 Å². The van der Waals surface area contributed by atoms with Crippen molar-refractivity contribution in [2.45, 2.75) is 44.6 Å². The van der Waals surface area contributed by atoms with Gasteiger partial charge in [-0.25, -0.2) is 4.79 Å². The molecule has 1 atom stereocenters. The summed E-state index contributed by atoms with van der Waals surface area (Å²) in [5.41, 5.74) is 1.85. The molecule has 1 saturated heterocycles. The molecule has 2 heterocycles. The van der Waals surface area contributed by atoms with Gasteiger partial charge in [-0.3, -0.25) is 4.79 Å². The van der Waals surface area contributed by atoms with Gasteiger partial charge in [-0.1, -0.05) is 29.6 Å². The molecule has 0 saturated carbocycles. The van der Waals surface area contributed by atoms with E-state index in [0.717, 1.165) is 54.1 Å². The summed E-state index contributed by atoms with van der Waals surface area (Å²) < 4.78 is 5.99. The van der Waals surface area contributed by atoms with E-state index in [9.17, 15) is 14.7 Å². The summed E-state index contributed by atoms with van der Waals surface area (Å²) in [5.74, 6) is -0.120. The van der Waals surface area contributed by atoms with Crippen LogP contribution in [0.15, 0.2) is 42.6 Å². The lowest BCUT2D eigenvalue weighted by Crippen LogP contribution is -2.42. The SMILES string of the molecule is O=C(N[C@@H](Cc1c[nH]c2ccc(OCCCCC3CCNCC3)cc12)C(=O)O)c1cc(Cl)cc(Cl)c1. The summed E-state index contributed by atoms with van der Waals surface area (Å²) in [7, 11) is 0. The number of carboxylic acid groups (broad SMARTS) is 1. The smallest absolute Gasteiger partial charge is 0.326 e. The number of ether oxygens (including phenoxy) is 1. The van der Waals surface area contributed by atoms with Gasteiger partial charge >= 0.3 is 5.97 Å². The van der Waals surface area contributed by atoms with Crippen molar-refractivity contribution < 1.29 is 19.4 Å². The van der Waals surface area contributed by atoms with Crippen molar-refractivity contribution in [1.29, 1.82) is 0 Å². The van der Waals surface area contributed by atoms with E-state index in [1.807, 2.05) is 18.2 Å². The number of nitrogens with one attached hydrogen (secondary N) is 3. The number of carbonyl (C=O) groups excluding carboxylic acids is 1. The number of halogens is 2. The molecule has 0 bridgehead atoms. The monoisotopic (exact) mass is 531 g/mol. The molecule has 2 aromatic carbocycles. The average molecular weight is 532 g/mol. The van der Waals surface area contributed by atoms with Crippen LogP contribution in [0.3, 0.4) is 0 Å². The fourth-order valence-electron chi connectivity index (χ4n) is 4.66. The Morgan fingerprint density at radius 2 is 1.83 bits per heavy atom. The number of rotatable bonds is 11. The molecule has 0 unspecified atom stereocenters. The Labute approximate surface area is 220 Å². The summed E-state index contributed by atoms with van der Waals surface area (Å²) in [5, 5.41) is 17.2. The van der Waals surface area contributed by atoms with Crippen LogP contribution in [0.4, 0.5) is 0 Å². The van der Waals surface area contributed by atoms with E-state index in [2.05, 4.69) is 15.6 Å². The van der Waals surface area contributed by atoms with Gasteiger partial charge in [0.2, 0.25) is 0 Å². The number of aromatic nitrogens is 1. The molecule has 1 aliphatic heterocycles. The van der Waals surface area contributed by atoms with Crippen LogP contribution in [-0.2, 0) is 11.2 Å². The normalized spacial score (nSPS) is 15.1. The fraction of sp³-hybridized carbons (Fsp3) is 0.407. The van der Waals surface area contributed by atoms with Gasteiger partial charge in [-0.2, -0.15) is 0 Å². The topological polar surface area (TPSA) is 103 Å². The molecule has 36 heavy (non-hydrogen) atoms. The van der Waals surface area contributed by atoms with E-state index in [1.165, 1.54) is 37.5 Å². The highest BCUT2D eigenvalue weighted by molar-refractivity contribution is 6.35. The van der Waals surface area contributed by atoms with Gasteiger partial charge in [0.05, 0.1) is 6.61 Å². The minimum Gasteiger partial charge on any atom is -0.494 e. The van der Waals surface area contributed by atoms with Crippen molar-refractivity contribution >= 4 is 46.0 Å². The third-order valence-electron chi connectivity index (χ3n) is 6.63. The van der Waals surface area contributed by atoms with Crippen LogP contribution in [-0.4, -0.2) is 47.7 Å². The Balaban J connectivity index is 1.36. The standard InChI is InChI=1S/C27H31Cl2N3O4/c28-20-11-18(12-21(29)14-20)26(33)32-25(27(34)35)13-19-16-31-24-5-4-22(15-23(19)24)36-10-2-1-3-17-6-8-30-9-7-17/h4-5,11-12,14-17,25,30-31H,1-3,6-10,13H2,(H,32,33)(H,34,35)/t25-/m0/s1. The molecule has 4 N–H and O–H groups in total. The number of carboxylic acids is 1. The Hall–Kier alpha value is -2.74. The van der Waals surface area contributed by atoms with E-state index in [1.54, 1.807) is 6.20 Å². The van der Waals surface area contributed by atoms with Gasteiger partial charge in [0.25, 0.3) is 5.91 Å². The zero-order chi connectivity index (χ0) is 25.5. The van der Waals surface area contributed by atoms with Gasteiger partial charge in [0.1, 0.15) is 11.8 Å². The lowest BCUT2D eigenvalue weighted by molar-refractivity contribution is -0.139. The maximum atomic E-state index is 12.7. The predicted molar refractivity (Wildman–Crippen MR) is 142 cm³/mol. The number of H-pyrrole nitrogens is 1. The molecular formula is C27H31Cl2N3O4. The number of aliphatic carboxylic acids is 1. The van der Waals surface area contributed by atoms with Crippen LogP contribution in [0.2, 0.25) is 10.0 Å². The zero-order valence-corrected chi connectivity index (χ0v) is 21.5. The number of hydrogen-bond acceptors (Lipinski definition) is 4. The summed E-state index contributed by atoms with van der Waals surface area (Å²) in [6.07, 6.45) is 7.80. The third-order valence-corrected chi connectivity index (χ3v) is 7.06. The number of hydrogen-bond donors (Lipinski definition) is 4. The first kappa shape index (κ1) is 26.3. The maximum absolute atomic E-state index is 12.7. The van der Waals surface area contributed by atoms with Gasteiger partial charge in [0, 0.05) is 39.1 Å². The average Bonchev–Trinajstić information content (AvgIpc) is 3.25. The molecule has 192 valence electrons. The van der Waals surface area contributed by atoms with Crippen LogP contribution in [0.25, 0.3) is 10.9 Å². The van der Waals surface area contributed by atoms with Gasteiger partial charge in [0.15, 0.2) is 0 Å². The lowest BCUT2D eigenvalue weighted by atomic mass is 9.93. The molecule has 1 amide bonds. The first-order valence-electron chi connectivity index (χ1n) is 12.3. The number of benzene rings is 2. The van der Waals surface area contributed by atoms with Crippen molar-refractivity contribution in [1.82, 2.24) is 15.6 Å². The second kappa shape index (κ2) is 12.5. The predicted octanol–water partition coefficient (Wildman–Crippen LogP) is 5.45. The minimum absolute atomic E-state index is 0.106. The van der Waals surface area contributed by atoms with Crippen LogP contribution in [0, 0.1) is 5.92 Å². The lowest BCUT2D eigenvalue weighted by Gasteiger charge is -2.22. The van der Waals surface area contributed by atoms with Crippen LogP contribution in [0.1, 0.15) is 48.0 Å². The summed E-state index contributed by atoms with van der Waals surface area (Å²) >= 11 is 12.0. The Morgan fingerprint density at radius 3 is 2.56 bits per heavy atom. The highest BCUT2D eigenvalue weighted by Gasteiger charge is 2.23. The fourth-order valence-corrected chi connectivity index (χ4v) is 5.18. The molecule has 9 heteroatoms. The molecule has 1 aromatic heterocycles. The first-order chi connectivity index (χ1) is 17.4. The number of fused-ring (bicyclic) bond motifs is 1. The van der Waals surface area contributed by atoms with Crippen LogP contribution >= 0.6 is 23.2 Å². The summed E-state index contributed by atoms with van der Waals surface area (Å²) in [4.78, 5) is 27.8. The van der Waals surface area contributed by atoms with Crippen LogP contribution < -0.4 is 15.4 Å². The highest BCUT2D eigenvalue weighted by Crippen LogP contribution is 2.26. The summed E-state index contributed by atoms with van der Waals surface area (Å²) in [6, 6.07) is 9.03. The van der Waals surface area contributed by atoms with E-state index in [-0.39, 0.29) is 12.0 Å². The quantitative estimate of drug-likeness (QED) is 0.246. The van der Waals surface area contributed by atoms with E-state index in [0.29, 0.717) is 16.7 Å². The van der Waals surface area contributed by atoms with Crippen molar-refractivity contribution in [3.8, 4) is 5.75 Å². The number of aromatic amines is 1. The molecular weight excluding hydrogens is 501 g/mol.